The minimum atomic E-state index is 0.551. The van der Waals surface area contributed by atoms with Crippen LogP contribution in [-0.4, -0.2) is 46.5 Å². The average molecular weight is 406 g/mol. The Morgan fingerprint density at radius 3 is 2.60 bits per heavy atom. The fraction of sp³-hybridized carbons (Fsp3) is 0.409. The van der Waals surface area contributed by atoms with Gasteiger partial charge in [-0.2, -0.15) is 10.1 Å². The van der Waals surface area contributed by atoms with Crippen molar-refractivity contribution in [3.63, 3.8) is 0 Å². The number of aromatic amines is 1. The molecule has 1 aliphatic carbocycles. The minimum Gasteiger partial charge on any atom is -0.378 e. The monoisotopic (exact) mass is 405 g/mol. The molecule has 0 radical (unpaired) electrons. The van der Waals surface area contributed by atoms with Crippen molar-refractivity contribution in [2.45, 2.75) is 31.6 Å². The molecule has 2 aliphatic rings. The summed E-state index contributed by atoms with van der Waals surface area (Å²) in [6.45, 7) is 3.43. The predicted octanol–water partition coefficient (Wildman–Crippen LogP) is 4.18. The molecule has 1 aliphatic heterocycles. The third-order valence-electron chi connectivity index (χ3n) is 5.79. The zero-order valence-corrected chi connectivity index (χ0v) is 17.0. The molecule has 2 fully saturated rings. The SMILES string of the molecule is c1cc(Nc2cc(C3CCCC3)n[nH]2)nc(Nc2ccc(N3CCOCC3)cc2)n1. The van der Waals surface area contributed by atoms with E-state index in [4.69, 9.17) is 4.74 Å². The van der Waals surface area contributed by atoms with Gasteiger partial charge in [0, 0.05) is 42.6 Å². The zero-order valence-electron chi connectivity index (χ0n) is 17.0. The van der Waals surface area contributed by atoms with Gasteiger partial charge in [-0.3, -0.25) is 5.10 Å². The molecule has 0 atom stereocenters. The molecular formula is C22H27N7O. The number of rotatable bonds is 6. The Morgan fingerprint density at radius 2 is 1.80 bits per heavy atom. The van der Waals surface area contributed by atoms with E-state index in [0.29, 0.717) is 11.9 Å². The zero-order chi connectivity index (χ0) is 20.2. The van der Waals surface area contributed by atoms with Gasteiger partial charge >= 0.3 is 0 Å². The summed E-state index contributed by atoms with van der Waals surface area (Å²) in [7, 11) is 0. The maximum Gasteiger partial charge on any atom is 0.229 e. The number of H-pyrrole nitrogens is 1. The van der Waals surface area contributed by atoms with Gasteiger partial charge in [0.25, 0.3) is 0 Å². The number of nitrogens with zero attached hydrogens (tertiary/aromatic N) is 4. The molecule has 3 N–H and O–H groups in total. The fourth-order valence-electron chi connectivity index (χ4n) is 4.16. The van der Waals surface area contributed by atoms with E-state index < -0.39 is 0 Å². The van der Waals surface area contributed by atoms with Crippen LogP contribution in [-0.2, 0) is 4.74 Å². The quantitative estimate of drug-likeness (QED) is 0.567. The van der Waals surface area contributed by atoms with Crippen LogP contribution in [0.15, 0.2) is 42.6 Å². The molecule has 0 unspecified atom stereocenters. The fourth-order valence-corrected chi connectivity index (χ4v) is 4.16. The molecular weight excluding hydrogens is 378 g/mol. The summed E-state index contributed by atoms with van der Waals surface area (Å²) in [5.74, 6) is 2.71. The lowest BCUT2D eigenvalue weighted by atomic mass is 10.0. The highest BCUT2D eigenvalue weighted by molar-refractivity contribution is 5.61. The van der Waals surface area contributed by atoms with Crippen LogP contribution in [0.4, 0.5) is 29.0 Å². The van der Waals surface area contributed by atoms with Crippen molar-refractivity contribution < 1.29 is 4.74 Å². The smallest absolute Gasteiger partial charge is 0.229 e. The van der Waals surface area contributed by atoms with Gasteiger partial charge < -0.3 is 20.3 Å². The number of morpholine rings is 1. The van der Waals surface area contributed by atoms with E-state index in [-0.39, 0.29) is 0 Å². The number of hydrogen-bond acceptors (Lipinski definition) is 7. The van der Waals surface area contributed by atoms with Crippen LogP contribution in [0.25, 0.3) is 0 Å². The Kier molecular flexibility index (Phi) is 5.48. The predicted molar refractivity (Wildman–Crippen MR) is 118 cm³/mol. The minimum absolute atomic E-state index is 0.551. The maximum absolute atomic E-state index is 5.42. The molecule has 2 aromatic heterocycles. The van der Waals surface area contributed by atoms with Crippen molar-refractivity contribution in [3.8, 4) is 0 Å². The van der Waals surface area contributed by atoms with Gasteiger partial charge in [-0.15, -0.1) is 0 Å². The van der Waals surface area contributed by atoms with Crippen molar-refractivity contribution in [3.05, 3.63) is 48.3 Å². The van der Waals surface area contributed by atoms with Crippen molar-refractivity contribution >= 4 is 29.0 Å². The molecule has 5 rings (SSSR count). The summed E-state index contributed by atoms with van der Waals surface area (Å²) in [6.07, 6.45) is 6.81. The number of nitrogens with one attached hydrogen (secondary N) is 3. The number of aromatic nitrogens is 4. The van der Waals surface area contributed by atoms with Crippen molar-refractivity contribution in [1.82, 2.24) is 20.2 Å². The van der Waals surface area contributed by atoms with Gasteiger partial charge in [-0.1, -0.05) is 12.8 Å². The first-order valence-electron chi connectivity index (χ1n) is 10.7. The average Bonchev–Trinajstić information content (AvgIpc) is 3.47. The van der Waals surface area contributed by atoms with Gasteiger partial charge in [0.15, 0.2) is 0 Å². The lowest BCUT2D eigenvalue weighted by Crippen LogP contribution is -2.36. The molecule has 1 aromatic carbocycles. The summed E-state index contributed by atoms with van der Waals surface area (Å²) < 4.78 is 5.42. The molecule has 0 spiro atoms. The molecule has 156 valence electrons. The molecule has 8 nitrogen and oxygen atoms in total. The normalized spacial score (nSPS) is 17.3. The van der Waals surface area contributed by atoms with E-state index >= 15 is 0 Å². The van der Waals surface area contributed by atoms with Crippen molar-refractivity contribution in [1.29, 1.82) is 0 Å². The Hall–Kier alpha value is -3.13. The van der Waals surface area contributed by atoms with E-state index in [0.717, 1.165) is 49.3 Å². The second kappa shape index (κ2) is 8.71. The third-order valence-corrected chi connectivity index (χ3v) is 5.79. The van der Waals surface area contributed by atoms with Crippen LogP contribution >= 0.6 is 0 Å². The Morgan fingerprint density at radius 1 is 1.00 bits per heavy atom. The topological polar surface area (TPSA) is 91.0 Å². The number of ether oxygens (including phenoxy) is 1. The van der Waals surface area contributed by atoms with E-state index in [9.17, 15) is 0 Å². The number of hydrogen-bond donors (Lipinski definition) is 3. The lowest BCUT2D eigenvalue weighted by Gasteiger charge is -2.28. The molecule has 1 saturated carbocycles. The summed E-state index contributed by atoms with van der Waals surface area (Å²) in [5.41, 5.74) is 3.30. The largest absolute Gasteiger partial charge is 0.378 e. The molecule has 1 saturated heterocycles. The molecule has 0 bridgehead atoms. The second-order valence-electron chi connectivity index (χ2n) is 7.85. The van der Waals surface area contributed by atoms with Gasteiger partial charge in [0.2, 0.25) is 5.95 Å². The third kappa shape index (κ3) is 4.38. The van der Waals surface area contributed by atoms with Crippen LogP contribution in [0.2, 0.25) is 0 Å². The highest BCUT2D eigenvalue weighted by atomic mass is 16.5. The summed E-state index contributed by atoms with van der Waals surface area (Å²) >= 11 is 0. The molecule has 3 aromatic rings. The highest BCUT2D eigenvalue weighted by Crippen LogP contribution is 2.34. The molecule has 8 heteroatoms. The van der Waals surface area contributed by atoms with E-state index in [1.54, 1.807) is 6.20 Å². The summed E-state index contributed by atoms with van der Waals surface area (Å²) in [5, 5.41) is 14.1. The van der Waals surface area contributed by atoms with Gasteiger partial charge in [-0.25, -0.2) is 4.98 Å². The van der Waals surface area contributed by atoms with Gasteiger partial charge in [0.05, 0.1) is 18.9 Å². The van der Waals surface area contributed by atoms with Crippen molar-refractivity contribution in [2.24, 2.45) is 0 Å². The van der Waals surface area contributed by atoms with E-state index in [1.807, 2.05) is 6.07 Å². The van der Waals surface area contributed by atoms with Crippen LogP contribution in [0.5, 0.6) is 0 Å². The molecule has 0 amide bonds. The Balaban J connectivity index is 1.22. The molecule has 30 heavy (non-hydrogen) atoms. The summed E-state index contributed by atoms with van der Waals surface area (Å²) in [6, 6.07) is 12.3. The van der Waals surface area contributed by atoms with E-state index in [1.165, 1.54) is 31.4 Å². The van der Waals surface area contributed by atoms with Crippen LogP contribution in [0, 0.1) is 0 Å². The Labute approximate surface area is 176 Å². The van der Waals surface area contributed by atoms with Crippen LogP contribution in [0.1, 0.15) is 37.3 Å². The maximum atomic E-state index is 5.42. The van der Waals surface area contributed by atoms with Crippen LogP contribution in [0.3, 0.4) is 0 Å². The first kappa shape index (κ1) is 18.9. The standard InChI is InChI=1S/C22H27N7O/c1-2-4-16(3-1)19-15-21(28-27-19)25-20-9-10-23-22(26-20)24-17-5-7-18(8-6-17)29-11-13-30-14-12-29/h5-10,15-16H,1-4,11-14H2,(H3,23,24,25,26,27,28). The van der Waals surface area contributed by atoms with E-state index in [2.05, 4.69) is 66.0 Å². The first-order chi connectivity index (χ1) is 14.8. The number of anilines is 5. The lowest BCUT2D eigenvalue weighted by molar-refractivity contribution is 0.122. The highest BCUT2D eigenvalue weighted by Gasteiger charge is 2.19. The second-order valence-corrected chi connectivity index (χ2v) is 7.85. The van der Waals surface area contributed by atoms with Crippen LogP contribution < -0.4 is 15.5 Å². The Bertz CT molecular complexity index is 960. The van der Waals surface area contributed by atoms with Gasteiger partial charge in [-0.05, 0) is 43.2 Å². The van der Waals surface area contributed by atoms with Gasteiger partial charge in [0.1, 0.15) is 11.6 Å². The summed E-state index contributed by atoms with van der Waals surface area (Å²) in [4.78, 5) is 11.2. The first-order valence-corrected chi connectivity index (χ1v) is 10.7. The van der Waals surface area contributed by atoms with Crippen molar-refractivity contribution in [2.75, 3.05) is 41.8 Å². The molecule has 3 heterocycles. The number of benzene rings is 1.